The minimum Gasteiger partial charge on any atom is -0.494 e. The van der Waals surface area contributed by atoms with Crippen molar-refractivity contribution in [2.45, 2.75) is 57.6 Å². The van der Waals surface area contributed by atoms with E-state index in [1.807, 2.05) is 6.07 Å². The normalized spacial score (nSPS) is 11.9. The first kappa shape index (κ1) is 18.9. The van der Waals surface area contributed by atoms with Gasteiger partial charge in [0.1, 0.15) is 0 Å². The molecule has 126 valence electrons. The lowest BCUT2D eigenvalue weighted by Crippen LogP contribution is -2.17. The zero-order chi connectivity index (χ0) is 16.6. The molecule has 0 fully saturated rings. The maximum atomic E-state index is 13.5. The van der Waals surface area contributed by atoms with Gasteiger partial charge in [0.15, 0.2) is 21.4 Å². The minimum atomic E-state index is -2.90. The van der Waals surface area contributed by atoms with Gasteiger partial charge in [0.05, 0.1) is 18.1 Å². The maximum Gasteiger partial charge on any atom is 0.165 e. The second kappa shape index (κ2) is 9.13. The Hall–Kier alpha value is -1.10. The molecule has 0 aliphatic carbocycles. The summed E-state index contributed by atoms with van der Waals surface area (Å²) >= 11 is 0. The van der Waals surface area contributed by atoms with Gasteiger partial charge in [-0.25, -0.2) is 12.8 Å². The number of aryl methyl sites for hydroxylation is 1. The van der Waals surface area contributed by atoms with Crippen molar-refractivity contribution in [1.29, 1.82) is 0 Å². The summed E-state index contributed by atoms with van der Waals surface area (Å²) in [6.07, 6.45) is 5.55. The highest BCUT2D eigenvalue weighted by molar-refractivity contribution is 7.91. The molecule has 0 bridgehead atoms. The summed E-state index contributed by atoms with van der Waals surface area (Å²) in [5.41, 5.74) is 0.973. The van der Waals surface area contributed by atoms with Gasteiger partial charge in [-0.1, -0.05) is 25.3 Å². The molecule has 0 aliphatic rings. The highest BCUT2D eigenvalue weighted by Gasteiger charge is 2.14. The average Bonchev–Trinajstić information content (AvgIpc) is 2.46. The number of hydrogen-bond donors (Lipinski definition) is 0. The van der Waals surface area contributed by atoms with E-state index in [-0.39, 0.29) is 22.6 Å². The Morgan fingerprint density at radius 2 is 1.73 bits per heavy atom. The molecule has 1 aromatic carbocycles. The monoisotopic (exact) mass is 330 g/mol. The molecule has 1 aromatic rings. The van der Waals surface area contributed by atoms with Gasteiger partial charge in [0.25, 0.3) is 0 Å². The summed E-state index contributed by atoms with van der Waals surface area (Å²) in [4.78, 5) is 0. The van der Waals surface area contributed by atoms with Crippen molar-refractivity contribution in [3.63, 3.8) is 0 Å². The van der Waals surface area contributed by atoms with Crippen LogP contribution in [0.3, 0.4) is 0 Å². The number of sulfone groups is 1. The number of halogens is 1. The summed E-state index contributed by atoms with van der Waals surface area (Å²) in [6, 6.07) is 5.06. The summed E-state index contributed by atoms with van der Waals surface area (Å²) in [5.74, 6) is 0.239. The van der Waals surface area contributed by atoms with Crippen molar-refractivity contribution < 1.29 is 17.5 Å². The van der Waals surface area contributed by atoms with E-state index < -0.39 is 9.84 Å². The van der Waals surface area contributed by atoms with E-state index in [4.69, 9.17) is 4.74 Å². The van der Waals surface area contributed by atoms with Crippen LogP contribution in [0.5, 0.6) is 5.75 Å². The summed E-state index contributed by atoms with van der Waals surface area (Å²) < 4.78 is 41.7. The van der Waals surface area contributed by atoms with Crippen LogP contribution in [0.15, 0.2) is 18.2 Å². The van der Waals surface area contributed by atoms with E-state index in [1.54, 1.807) is 19.9 Å². The largest absolute Gasteiger partial charge is 0.494 e. The molecule has 0 spiro atoms. The van der Waals surface area contributed by atoms with E-state index in [0.29, 0.717) is 0 Å². The number of hydrogen-bond acceptors (Lipinski definition) is 3. The molecule has 0 N–H and O–H groups in total. The smallest absolute Gasteiger partial charge is 0.165 e. The molecule has 22 heavy (non-hydrogen) atoms. The van der Waals surface area contributed by atoms with E-state index in [2.05, 4.69) is 0 Å². The first-order valence-corrected chi connectivity index (χ1v) is 9.62. The molecule has 3 nitrogen and oxygen atoms in total. The van der Waals surface area contributed by atoms with Crippen LogP contribution in [0, 0.1) is 5.82 Å². The molecule has 0 unspecified atom stereocenters. The first-order valence-electron chi connectivity index (χ1n) is 7.91. The number of rotatable bonds is 10. The fourth-order valence-electron chi connectivity index (χ4n) is 2.26. The summed E-state index contributed by atoms with van der Waals surface area (Å²) in [5, 5.41) is -0.280. The van der Waals surface area contributed by atoms with Crippen LogP contribution in [0.25, 0.3) is 0 Å². The Morgan fingerprint density at radius 1 is 1.09 bits per heavy atom. The number of unbranched alkanes of at least 4 members (excludes halogenated alkanes) is 4. The van der Waals surface area contributed by atoms with E-state index in [0.717, 1.165) is 44.1 Å². The van der Waals surface area contributed by atoms with E-state index in [1.165, 1.54) is 13.2 Å². The Labute approximate surface area is 133 Å². The topological polar surface area (TPSA) is 43.4 Å². The molecule has 0 aliphatic heterocycles. The van der Waals surface area contributed by atoms with Crippen molar-refractivity contribution in [2.75, 3.05) is 12.9 Å². The molecule has 5 heteroatoms. The maximum absolute atomic E-state index is 13.5. The Bertz CT molecular complexity index is 553. The zero-order valence-electron chi connectivity index (χ0n) is 13.8. The standard InChI is InChI=1S/C17H27FO3S/c1-14(2)22(19,20)12-8-6-4-5-7-9-15-10-11-17(21-3)16(18)13-15/h10-11,13-14H,4-9,12H2,1-3H3. The lowest BCUT2D eigenvalue weighted by Gasteiger charge is -2.07. The molecule has 0 heterocycles. The van der Waals surface area contributed by atoms with Gasteiger partial charge in [-0.2, -0.15) is 0 Å². The fraction of sp³-hybridized carbons (Fsp3) is 0.647. The van der Waals surface area contributed by atoms with Gasteiger partial charge >= 0.3 is 0 Å². The quantitative estimate of drug-likeness (QED) is 0.605. The summed E-state index contributed by atoms with van der Waals surface area (Å²) in [7, 11) is -1.44. The molecule has 0 aromatic heterocycles. The lowest BCUT2D eigenvalue weighted by molar-refractivity contribution is 0.386. The van der Waals surface area contributed by atoms with Crippen molar-refractivity contribution in [1.82, 2.24) is 0 Å². The molecule has 0 atom stereocenters. The highest BCUT2D eigenvalue weighted by atomic mass is 32.2. The van der Waals surface area contributed by atoms with Crippen LogP contribution >= 0.6 is 0 Å². The molecule has 0 saturated carbocycles. The Kier molecular flexibility index (Phi) is 7.87. The second-order valence-electron chi connectivity index (χ2n) is 5.90. The SMILES string of the molecule is COc1ccc(CCCCCCCS(=O)(=O)C(C)C)cc1F. The minimum absolute atomic E-state index is 0.273. The van der Waals surface area contributed by atoms with Crippen molar-refractivity contribution in [3.05, 3.63) is 29.6 Å². The molecule has 0 radical (unpaired) electrons. The number of methoxy groups -OCH3 is 1. The van der Waals surface area contributed by atoms with E-state index in [9.17, 15) is 12.8 Å². The second-order valence-corrected chi connectivity index (χ2v) is 8.58. The number of ether oxygens (including phenoxy) is 1. The highest BCUT2D eigenvalue weighted by Crippen LogP contribution is 2.19. The lowest BCUT2D eigenvalue weighted by atomic mass is 10.1. The number of benzene rings is 1. The van der Waals surface area contributed by atoms with Crippen LogP contribution < -0.4 is 4.74 Å². The average molecular weight is 330 g/mol. The predicted molar refractivity (Wildman–Crippen MR) is 88.7 cm³/mol. The van der Waals surface area contributed by atoms with Gasteiger partial charge in [-0.05, 0) is 50.8 Å². The molecule has 1 rings (SSSR count). The van der Waals surface area contributed by atoms with Gasteiger partial charge in [-0.15, -0.1) is 0 Å². The van der Waals surface area contributed by atoms with Crippen LogP contribution in [0.1, 0.15) is 51.5 Å². The van der Waals surface area contributed by atoms with Gasteiger partial charge in [0, 0.05) is 0 Å². The van der Waals surface area contributed by atoms with Crippen LogP contribution in [-0.4, -0.2) is 26.5 Å². The van der Waals surface area contributed by atoms with E-state index >= 15 is 0 Å². The van der Waals surface area contributed by atoms with Crippen molar-refractivity contribution in [2.24, 2.45) is 0 Å². The van der Waals surface area contributed by atoms with Crippen molar-refractivity contribution >= 4 is 9.84 Å². The van der Waals surface area contributed by atoms with Crippen LogP contribution in [0.4, 0.5) is 4.39 Å². The van der Waals surface area contributed by atoms with Gasteiger partial charge in [-0.3, -0.25) is 0 Å². The molecule has 0 amide bonds. The Balaban J connectivity index is 2.17. The third kappa shape index (κ3) is 6.34. The van der Waals surface area contributed by atoms with Crippen LogP contribution in [0.2, 0.25) is 0 Å². The van der Waals surface area contributed by atoms with Gasteiger partial charge in [0.2, 0.25) is 0 Å². The predicted octanol–water partition coefficient (Wildman–Crippen LogP) is 4.15. The summed E-state index contributed by atoms with van der Waals surface area (Å²) in [6.45, 7) is 3.45. The zero-order valence-corrected chi connectivity index (χ0v) is 14.6. The van der Waals surface area contributed by atoms with Crippen molar-refractivity contribution in [3.8, 4) is 5.75 Å². The first-order chi connectivity index (χ1) is 10.4. The molecular formula is C17H27FO3S. The Morgan fingerprint density at radius 3 is 2.32 bits per heavy atom. The molecular weight excluding hydrogens is 303 g/mol. The molecule has 0 saturated heterocycles. The van der Waals surface area contributed by atoms with Crippen LogP contribution in [-0.2, 0) is 16.3 Å². The fourth-order valence-corrected chi connectivity index (χ4v) is 3.34. The third-order valence-electron chi connectivity index (χ3n) is 3.83. The third-order valence-corrected chi connectivity index (χ3v) is 6.12. The van der Waals surface area contributed by atoms with Gasteiger partial charge < -0.3 is 4.74 Å².